The zero-order valence-corrected chi connectivity index (χ0v) is 19.5. The van der Waals surface area contributed by atoms with Crippen LogP contribution in [0.4, 0.5) is 0 Å². The molecule has 7 bridgehead atoms. The SMILES string of the molecule is COCC12CNC3C4C(OC)C1C3(C(OC)CC2O)C1CC2(O)C(O)C1C4(O)C(O)C2OC. The third-order valence-corrected chi connectivity index (χ3v) is 11.1. The summed E-state index contributed by atoms with van der Waals surface area (Å²) in [6.45, 7) is 0.755. The van der Waals surface area contributed by atoms with Crippen molar-refractivity contribution in [2.24, 2.45) is 34.5 Å². The molecule has 10 nitrogen and oxygen atoms in total. The van der Waals surface area contributed by atoms with Crippen LogP contribution in [0.2, 0.25) is 0 Å². The van der Waals surface area contributed by atoms with E-state index >= 15 is 0 Å². The second-order valence-electron chi connectivity index (χ2n) is 11.5. The number of ether oxygens (including phenoxy) is 4. The molecule has 0 aromatic carbocycles. The number of aliphatic hydroxyl groups is 5. The lowest BCUT2D eigenvalue weighted by molar-refractivity contribution is -0.307. The highest BCUT2D eigenvalue weighted by molar-refractivity contribution is 5.39. The van der Waals surface area contributed by atoms with Gasteiger partial charge in [0.15, 0.2) is 0 Å². The van der Waals surface area contributed by atoms with E-state index in [0.29, 0.717) is 13.0 Å². The minimum Gasteiger partial charge on any atom is -0.392 e. The van der Waals surface area contributed by atoms with Crippen molar-refractivity contribution in [1.82, 2.24) is 5.32 Å². The summed E-state index contributed by atoms with van der Waals surface area (Å²) in [5.41, 5.74) is -4.83. The summed E-state index contributed by atoms with van der Waals surface area (Å²) in [4.78, 5) is 0. The number of fused-ring (bicyclic) bond motifs is 2. The molecular formula is C23H37NO9. The van der Waals surface area contributed by atoms with Crippen LogP contribution in [0.5, 0.6) is 0 Å². The van der Waals surface area contributed by atoms with E-state index in [1.54, 1.807) is 21.3 Å². The Morgan fingerprint density at radius 2 is 1.67 bits per heavy atom. The van der Waals surface area contributed by atoms with E-state index in [4.69, 9.17) is 18.9 Å². The summed E-state index contributed by atoms with van der Waals surface area (Å²) in [7, 11) is 6.21. The van der Waals surface area contributed by atoms with Crippen LogP contribution >= 0.6 is 0 Å². The summed E-state index contributed by atoms with van der Waals surface area (Å²) in [5.74, 6) is -2.08. The van der Waals surface area contributed by atoms with E-state index < -0.39 is 76.4 Å². The highest BCUT2D eigenvalue weighted by atomic mass is 16.5. The van der Waals surface area contributed by atoms with E-state index in [1.165, 1.54) is 7.11 Å². The molecule has 6 aliphatic rings. The standard InChI is InChI=1S/C23H37NO9/c1-30-8-20-7-24-16-13-14(32-3)15(20)22(16,11(31-2)5-10(20)25)9-6-21(28)17(26)12(9)23(13,29)18(27)19(21)33-4/h9-19,24-29H,5-8H2,1-4H3. The molecule has 5 aliphatic carbocycles. The smallest absolute Gasteiger partial charge is 0.120 e. The third kappa shape index (κ3) is 2.11. The van der Waals surface area contributed by atoms with Crippen LogP contribution in [-0.2, 0) is 18.9 Å². The summed E-state index contributed by atoms with van der Waals surface area (Å²) in [5, 5.41) is 62.0. The first-order valence-electron chi connectivity index (χ1n) is 12.0. The molecule has 1 aliphatic heterocycles. The summed E-state index contributed by atoms with van der Waals surface area (Å²) in [6.07, 6.45) is -4.99. The molecule has 0 radical (unpaired) electrons. The molecule has 1 saturated heterocycles. The molecule has 15 unspecified atom stereocenters. The zero-order valence-electron chi connectivity index (χ0n) is 19.5. The fraction of sp³-hybridized carbons (Fsp3) is 1.00. The molecule has 6 N–H and O–H groups in total. The van der Waals surface area contributed by atoms with Gasteiger partial charge in [-0.2, -0.15) is 0 Å². The number of nitrogens with one attached hydrogen (secondary N) is 1. The molecule has 1 spiro atoms. The maximum atomic E-state index is 12.4. The van der Waals surface area contributed by atoms with E-state index in [0.717, 1.165) is 0 Å². The summed E-state index contributed by atoms with van der Waals surface area (Å²) >= 11 is 0. The Morgan fingerprint density at radius 3 is 2.27 bits per heavy atom. The van der Waals surface area contributed by atoms with E-state index in [2.05, 4.69) is 5.32 Å². The Balaban J connectivity index is 1.65. The first-order valence-corrected chi connectivity index (χ1v) is 12.0. The van der Waals surface area contributed by atoms with Gasteiger partial charge in [0.1, 0.15) is 23.4 Å². The minimum absolute atomic E-state index is 0.146. The van der Waals surface area contributed by atoms with Crippen LogP contribution in [0.3, 0.4) is 0 Å². The molecule has 188 valence electrons. The number of rotatable bonds is 5. The average molecular weight is 472 g/mol. The van der Waals surface area contributed by atoms with E-state index in [-0.39, 0.29) is 25.0 Å². The number of aliphatic hydroxyl groups excluding tert-OH is 3. The quantitative estimate of drug-likeness (QED) is 0.254. The molecule has 6 fully saturated rings. The lowest BCUT2D eigenvalue weighted by Gasteiger charge is -2.67. The molecule has 15 atom stereocenters. The molecule has 0 aromatic rings. The van der Waals surface area contributed by atoms with Crippen molar-refractivity contribution in [2.75, 3.05) is 41.6 Å². The lowest BCUT2D eigenvalue weighted by atomic mass is 9.43. The van der Waals surface area contributed by atoms with Gasteiger partial charge in [0.05, 0.1) is 31.0 Å². The molecule has 0 aromatic heterocycles. The van der Waals surface area contributed by atoms with Gasteiger partial charge in [0.2, 0.25) is 0 Å². The largest absolute Gasteiger partial charge is 0.392 e. The second-order valence-corrected chi connectivity index (χ2v) is 11.5. The van der Waals surface area contributed by atoms with Gasteiger partial charge in [-0.15, -0.1) is 0 Å². The molecular weight excluding hydrogens is 434 g/mol. The van der Waals surface area contributed by atoms with Crippen LogP contribution in [-0.4, -0.2) is 121 Å². The average Bonchev–Trinajstić information content (AvgIpc) is 3.12. The summed E-state index contributed by atoms with van der Waals surface area (Å²) in [6, 6.07) is -0.305. The third-order valence-electron chi connectivity index (χ3n) is 11.1. The highest BCUT2D eigenvalue weighted by Gasteiger charge is 2.89. The van der Waals surface area contributed by atoms with Gasteiger partial charge < -0.3 is 49.8 Å². The van der Waals surface area contributed by atoms with Gasteiger partial charge >= 0.3 is 0 Å². The topological polar surface area (TPSA) is 150 Å². The van der Waals surface area contributed by atoms with Crippen molar-refractivity contribution in [3.05, 3.63) is 0 Å². The monoisotopic (exact) mass is 471 g/mol. The normalized spacial score (nSPS) is 64.8. The maximum Gasteiger partial charge on any atom is 0.120 e. The molecule has 33 heavy (non-hydrogen) atoms. The van der Waals surface area contributed by atoms with Crippen molar-refractivity contribution >= 4 is 0 Å². The number of piperidine rings is 1. The van der Waals surface area contributed by atoms with Gasteiger partial charge in [-0.05, 0) is 12.3 Å². The molecule has 1 heterocycles. The Kier molecular flexibility index (Phi) is 4.80. The van der Waals surface area contributed by atoms with Crippen molar-refractivity contribution < 1.29 is 44.5 Å². The van der Waals surface area contributed by atoms with Crippen LogP contribution in [0, 0.1) is 34.5 Å². The first kappa shape index (κ1) is 23.0. The Labute approximate surface area is 193 Å². The Hall–Kier alpha value is -0.400. The second kappa shape index (κ2) is 6.88. The fourth-order valence-corrected chi connectivity index (χ4v) is 10.4. The minimum atomic E-state index is -1.76. The van der Waals surface area contributed by atoms with E-state index in [1.807, 2.05) is 0 Å². The predicted octanol–water partition coefficient (Wildman–Crippen LogP) is -2.52. The van der Waals surface area contributed by atoms with Crippen molar-refractivity contribution in [1.29, 1.82) is 0 Å². The Morgan fingerprint density at radius 1 is 0.939 bits per heavy atom. The van der Waals surface area contributed by atoms with Crippen LogP contribution in [0.15, 0.2) is 0 Å². The molecule has 6 rings (SSSR count). The van der Waals surface area contributed by atoms with Crippen LogP contribution in [0.25, 0.3) is 0 Å². The van der Waals surface area contributed by atoms with Crippen molar-refractivity contribution in [3.8, 4) is 0 Å². The lowest BCUT2D eigenvalue weighted by Crippen LogP contribution is -2.80. The number of hydrogen-bond donors (Lipinski definition) is 6. The summed E-state index contributed by atoms with van der Waals surface area (Å²) < 4.78 is 23.4. The van der Waals surface area contributed by atoms with Gasteiger partial charge in [-0.3, -0.25) is 0 Å². The maximum absolute atomic E-state index is 12.4. The van der Waals surface area contributed by atoms with Gasteiger partial charge in [-0.25, -0.2) is 0 Å². The molecule has 5 saturated carbocycles. The Bertz CT molecular complexity index is 832. The van der Waals surface area contributed by atoms with Crippen molar-refractivity contribution in [3.63, 3.8) is 0 Å². The molecule has 10 heteroatoms. The van der Waals surface area contributed by atoms with Crippen LogP contribution < -0.4 is 5.32 Å². The van der Waals surface area contributed by atoms with Gasteiger partial charge in [-0.1, -0.05) is 0 Å². The first-order chi connectivity index (χ1) is 15.7. The number of hydrogen-bond acceptors (Lipinski definition) is 10. The van der Waals surface area contributed by atoms with Gasteiger partial charge in [0.25, 0.3) is 0 Å². The molecule has 0 amide bonds. The van der Waals surface area contributed by atoms with Crippen LogP contribution in [0.1, 0.15) is 12.8 Å². The fourth-order valence-electron chi connectivity index (χ4n) is 10.4. The zero-order chi connectivity index (χ0) is 23.7. The predicted molar refractivity (Wildman–Crippen MR) is 112 cm³/mol. The van der Waals surface area contributed by atoms with E-state index in [9.17, 15) is 25.5 Å². The number of methoxy groups -OCH3 is 4. The van der Waals surface area contributed by atoms with Gasteiger partial charge in [0, 0.05) is 76.0 Å². The highest BCUT2D eigenvalue weighted by Crippen LogP contribution is 2.78. The van der Waals surface area contributed by atoms with Crippen molar-refractivity contribution in [2.45, 2.75) is 66.7 Å².